The molecule has 4 rings (SSSR count). The van der Waals surface area contributed by atoms with Crippen LogP contribution in [0.1, 0.15) is 18.1 Å². The number of epoxide rings is 1. The summed E-state index contributed by atoms with van der Waals surface area (Å²) in [5, 5.41) is 16.5. The van der Waals surface area contributed by atoms with E-state index in [-0.39, 0.29) is 11.4 Å². The van der Waals surface area contributed by atoms with E-state index in [1.165, 1.54) is 24.3 Å². The predicted molar refractivity (Wildman–Crippen MR) is 129 cm³/mol. The van der Waals surface area contributed by atoms with Gasteiger partial charge in [-0.05, 0) is 37.3 Å². The van der Waals surface area contributed by atoms with Gasteiger partial charge < -0.3 is 15.6 Å². The van der Waals surface area contributed by atoms with Crippen molar-refractivity contribution in [3.8, 4) is 11.4 Å². The maximum Gasteiger partial charge on any atom is 0.419 e. The van der Waals surface area contributed by atoms with Gasteiger partial charge in [-0.25, -0.2) is 13.9 Å². The van der Waals surface area contributed by atoms with Crippen LogP contribution in [0.15, 0.2) is 47.3 Å². The number of nitrogens with zero attached hydrogens (tertiary/aromatic N) is 3. The summed E-state index contributed by atoms with van der Waals surface area (Å²) in [5.41, 5.74) is 0.0413. The van der Waals surface area contributed by atoms with Gasteiger partial charge >= 0.3 is 18.0 Å². The maximum absolute atomic E-state index is 14.8. The van der Waals surface area contributed by atoms with E-state index in [4.69, 9.17) is 22.1 Å². The van der Waals surface area contributed by atoms with Gasteiger partial charge in [0.15, 0.2) is 11.9 Å². The summed E-state index contributed by atoms with van der Waals surface area (Å²) in [5.74, 6) is -3.19. The number of nitrogens with one attached hydrogen (secondary N) is 1. The van der Waals surface area contributed by atoms with Crippen molar-refractivity contribution in [3.05, 3.63) is 74.9 Å². The van der Waals surface area contributed by atoms with E-state index in [2.05, 4.69) is 10.4 Å². The first-order valence-corrected chi connectivity index (χ1v) is 12.1. The number of aliphatic hydroxyl groups excluding tert-OH is 1. The molecule has 0 radical (unpaired) electrons. The molecule has 2 heterocycles. The number of rotatable bonds is 9. The molecule has 9 nitrogen and oxygen atoms in total. The van der Waals surface area contributed by atoms with Gasteiger partial charge in [0.05, 0.1) is 18.7 Å². The second kappa shape index (κ2) is 10.7. The monoisotopic (exact) mass is 611 g/mol. The number of nitrogens with two attached hydrogens (primary N) is 1. The number of alkyl halides is 6. The van der Waals surface area contributed by atoms with Crippen molar-refractivity contribution in [1.29, 1.82) is 0 Å². The molecule has 0 saturated carbocycles. The molecule has 0 spiro atoms. The van der Waals surface area contributed by atoms with Crippen LogP contribution in [0.5, 0.6) is 0 Å². The average molecular weight is 612 g/mol. The second-order valence-electron chi connectivity index (χ2n) is 9.36. The zero-order chi connectivity index (χ0) is 30.5. The maximum atomic E-state index is 14.8. The number of hydrogen-bond donors (Lipinski definition) is 3. The Hall–Kier alpha value is -3.47. The fourth-order valence-electron chi connectivity index (χ4n) is 4.10. The number of halogens is 8. The highest BCUT2D eigenvalue weighted by Gasteiger charge is 2.49. The fourth-order valence-corrected chi connectivity index (χ4v) is 4.22. The number of carbonyl (C=O) groups excluding carboxylic acids is 1. The van der Waals surface area contributed by atoms with E-state index < -0.39 is 78.0 Å². The third-order valence-electron chi connectivity index (χ3n) is 6.46. The second-order valence-corrected chi connectivity index (χ2v) is 9.79. The van der Waals surface area contributed by atoms with E-state index in [0.29, 0.717) is 15.7 Å². The predicted octanol–water partition coefficient (Wildman–Crippen LogP) is 3.16. The summed E-state index contributed by atoms with van der Waals surface area (Å²) >= 11 is 5.85. The molecule has 222 valence electrons. The third kappa shape index (κ3) is 6.24. The highest BCUT2D eigenvalue weighted by atomic mass is 35.5. The van der Waals surface area contributed by atoms with Crippen LogP contribution in [-0.2, 0) is 34.3 Å². The Morgan fingerprint density at radius 2 is 1.76 bits per heavy atom. The first-order chi connectivity index (χ1) is 18.9. The molecule has 2 aromatic carbocycles. The van der Waals surface area contributed by atoms with E-state index in [1.807, 2.05) is 0 Å². The van der Waals surface area contributed by atoms with Crippen LogP contribution in [0.2, 0.25) is 5.02 Å². The molecule has 1 aromatic heterocycles. The number of benzene rings is 2. The van der Waals surface area contributed by atoms with Crippen LogP contribution in [-0.4, -0.2) is 50.0 Å². The Kier molecular flexibility index (Phi) is 7.99. The van der Waals surface area contributed by atoms with Gasteiger partial charge in [0.25, 0.3) is 0 Å². The van der Waals surface area contributed by atoms with Crippen LogP contribution in [0.3, 0.4) is 0 Å². The number of primary amides is 1. The molecule has 1 fully saturated rings. The minimum atomic E-state index is -5.06. The molecule has 3 aromatic rings. The number of aromatic nitrogens is 3. The Balaban J connectivity index is 1.61. The molecule has 1 aliphatic rings. The highest BCUT2D eigenvalue weighted by molar-refractivity contribution is 6.30. The van der Waals surface area contributed by atoms with Crippen molar-refractivity contribution in [2.24, 2.45) is 5.73 Å². The van der Waals surface area contributed by atoms with Crippen molar-refractivity contribution >= 4 is 17.5 Å². The summed E-state index contributed by atoms with van der Waals surface area (Å²) in [4.78, 5) is 25.3. The van der Waals surface area contributed by atoms with Gasteiger partial charge in [0.2, 0.25) is 5.91 Å². The summed E-state index contributed by atoms with van der Waals surface area (Å²) in [6, 6.07) is 7.94. The van der Waals surface area contributed by atoms with Gasteiger partial charge in [-0.2, -0.15) is 26.3 Å². The largest absolute Gasteiger partial charge is 0.419 e. The average Bonchev–Trinajstić information content (AvgIpc) is 3.52. The van der Waals surface area contributed by atoms with Gasteiger partial charge in [-0.1, -0.05) is 23.7 Å². The zero-order valence-electron chi connectivity index (χ0n) is 20.8. The van der Waals surface area contributed by atoms with Crippen molar-refractivity contribution in [1.82, 2.24) is 19.7 Å². The van der Waals surface area contributed by atoms with Crippen molar-refractivity contribution < 1.29 is 45.4 Å². The fraction of sp³-hybridized carbons (Fsp3) is 0.375. The molecule has 1 amide bonds. The standard InChI is InChI=1S/C24H21ClF7N5O4/c1-22(20(33)39,13-3-2-4-14(17(13)26)23(27,28)29)34-19-15(41-19)9-37-21(40)36(10-16(38)24(30,31)32)18(35-37)11-5-7-12(25)8-6-11/h2-8,15-16,19,34,38H,9-10H2,1H3,(H2,33,39)/t15?,16-,19?,22?/m0/s1. The Bertz CT molecular complexity index is 1510. The molecule has 0 bridgehead atoms. The van der Waals surface area contributed by atoms with E-state index in [9.17, 15) is 45.4 Å². The zero-order valence-corrected chi connectivity index (χ0v) is 21.6. The molecular formula is C24H21ClF7N5O4. The number of carbonyl (C=O) groups is 1. The van der Waals surface area contributed by atoms with Crippen LogP contribution >= 0.6 is 11.6 Å². The van der Waals surface area contributed by atoms with E-state index in [1.54, 1.807) is 0 Å². The lowest BCUT2D eigenvalue weighted by Crippen LogP contribution is -2.52. The smallest absolute Gasteiger partial charge is 0.382 e. The number of hydrogen-bond acceptors (Lipinski definition) is 6. The van der Waals surface area contributed by atoms with Crippen molar-refractivity contribution in [3.63, 3.8) is 0 Å². The minimum Gasteiger partial charge on any atom is -0.382 e. The van der Waals surface area contributed by atoms with Gasteiger partial charge in [0, 0.05) is 16.1 Å². The molecule has 1 saturated heterocycles. The normalized spacial score (nSPS) is 19.6. The molecule has 17 heteroatoms. The Morgan fingerprint density at radius 3 is 2.32 bits per heavy atom. The lowest BCUT2D eigenvalue weighted by atomic mass is 9.89. The Morgan fingerprint density at radius 1 is 1.15 bits per heavy atom. The number of amides is 1. The summed E-state index contributed by atoms with van der Waals surface area (Å²) in [6.07, 6.45) is -15.1. The lowest BCUT2D eigenvalue weighted by Gasteiger charge is -2.28. The van der Waals surface area contributed by atoms with Crippen LogP contribution in [0.4, 0.5) is 30.7 Å². The van der Waals surface area contributed by atoms with Crippen LogP contribution < -0.4 is 16.7 Å². The summed E-state index contributed by atoms with van der Waals surface area (Å²) in [6.45, 7) is -0.529. The molecular weight excluding hydrogens is 591 g/mol. The first kappa shape index (κ1) is 30.5. The summed E-state index contributed by atoms with van der Waals surface area (Å²) in [7, 11) is 0. The van der Waals surface area contributed by atoms with E-state index >= 15 is 0 Å². The van der Waals surface area contributed by atoms with Crippen LogP contribution in [0.25, 0.3) is 11.4 Å². The number of ether oxygens (including phenoxy) is 1. The quantitative estimate of drug-likeness (QED) is 0.252. The highest BCUT2D eigenvalue weighted by Crippen LogP contribution is 2.37. The van der Waals surface area contributed by atoms with Crippen molar-refractivity contribution in [2.75, 3.05) is 0 Å². The van der Waals surface area contributed by atoms with Crippen molar-refractivity contribution in [2.45, 2.75) is 56.3 Å². The van der Waals surface area contributed by atoms with Crippen LogP contribution in [0, 0.1) is 5.82 Å². The topological polar surface area (TPSA) is 128 Å². The SMILES string of the molecule is CC(NC1OC1Cn1nc(-c2ccc(Cl)cc2)n(C[C@H](O)C(F)(F)F)c1=O)(C(N)=O)c1cccc(C(F)(F)F)c1F. The van der Waals surface area contributed by atoms with E-state index in [0.717, 1.165) is 23.7 Å². The molecule has 3 unspecified atom stereocenters. The molecule has 1 aliphatic heterocycles. The molecule has 0 aliphatic carbocycles. The lowest BCUT2D eigenvalue weighted by molar-refractivity contribution is -0.207. The van der Waals surface area contributed by atoms with Gasteiger partial charge in [0.1, 0.15) is 23.7 Å². The third-order valence-corrected chi connectivity index (χ3v) is 6.71. The van der Waals surface area contributed by atoms with Gasteiger partial charge in [-0.3, -0.25) is 14.7 Å². The molecule has 4 atom stereocenters. The van der Waals surface area contributed by atoms with Gasteiger partial charge in [-0.15, -0.1) is 5.10 Å². The molecule has 4 N–H and O–H groups in total. The minimum absolute atomic E-state index is 0.201. The number of aliphatic hydroxyl groups is 1. The Labute approximate surface area is 231 Å². The first-order valence-electron chi connectivity index (χ1n) is 11.7. The summed E-state index contributed by atoms with van der Waals surface area (Å²) < 4.78 is 100. The molecule has 41 heavy (non-hydrogen) atoms.